The van der Waals surface area contributed by atoms with Crippen LogP contribution in [0.25, 0.3) is 10.9 Å². The molecule has 34 heavy (non-hydrogen) atoms. The van der Waals surface area contributed by atoms with Gasteiger partial charge >= 0.3 is 5.97 Å². The van der Waals surface area contributed by atoms with Crippen molar-refractivity contribution in [2.45, 2.75) is 24.3 Å². The van der Waals surface area contributed by atoms with E-state index in [1.54, 1.807) is 24.3 Å². The Bertz CT molecular complexity index is 1380. The number of piperidine rings is 1. The number of amides is 1. The normalized spacial score (nSPS) is 17.4. The molecule has 12 heteroatoms. The summed E-state index contributed by atoms with van der Waals surface area (Å²) in [5.74, 6) is -2.89. The molecule has 0 bridgehead atoms. The summed E-state index contributed by atoms with van der Waals surface area (Å²) < 4.78 is 28.3. The minimum absolute atomic E-state index is 0.0216. The lowest BCUT2D eigenvalue weighted by Crippen LogP contribution is -2.41. The Morgan fingerprint density at radius 1 is 1.12 bits per heavy atom. The molecule has 1 aliphatic rings. The number of aliphatic carboxylic acids is 1. The van der Waals surface area contributed by atoms with Crippen LogP contribution >= 0.6 is 11.6 Å². The second-order valence-corrected chi connectivity index (χ2v) is 10.2. The molecule has 1 amide bonds. The van der Waals surface area contributed by atoms with Crippen LogP contribution in [-0.2, 0) is 26.2 Å². The maximum atomic E-state index is 13.0. The van der Waals surface area contributed by atoms with Crippen LogP contribution in [0.4, 0.5) is 5.69 Å². The molecule has 3 aromatic rings. The average Bonchev–Trinajstić information content (AvgIpc) is 3.08. The third kappa shape index (κ3) is 4.67. The molecule has 0 spiro atoms. The summed E-state index contributed by atoms with van der Waals surface area (Å²) in [7, 11) is -3.80. The number of nitrogens with zero attached hydrogens (tertiary/aromatic N) is 4. The minimum atomic E-state index is -3.80. The highest BCUT2D eigenvalue weighted by molar-refractivity contribution is 7.89. The molecule has 4 rings (SSSR count). The SMILES string of the molecule is O=C(O)Cn1c(O)c(N=NC(=O)C2CCCN(S(=O)(=O)c3ccc(Cl)cc3)C2)c2ccccc21. The molecule has 178 valence electrons. The van der Waals surface area contributed by atoms with Crippen molar-refractivity contribution in [3.63, 3.8) is 0 Å². The monoisotopic (exact) mass is 504 g/mol. The summed E-state index contributed by atoms with van der Waals surface area (Å²) in [4.78, 5) is 24.0. The van der Waals surface area contributed by atoms with Crippen molar-refractivity contribution in [1.82, 2.24) is 8.87 Å². The number of halogens is 1. The summed E-state index contributed by atoms with van der Waals surface area (Å²) >= 11 is 5.85. The van der Waals surface area contributed by atoms with E-state index in [-0.39, 0.29) is 23.7 Å². The first-order chi connectivity index (χ1) is 16.2. The smallest absolute Gasteiger partial charge is 0.323 e. The van der Waals surface area contributed by atoms with Gasteiger partial charge in [-0.1, -0.05) is 29.8 Å². The van der Waals surface area contributed by atoms with E-state index in [4.69, 9.17) is 16.7 Å². The van der Waals surface area contributed by atoms with E-state index < -0.39 is 40.2 Å². The predicted octanol–water partition coefficient (Wildman–Crippen LogP) is 3.80. The maximum Gasteiger partial charge on any atom is 0.323 e. The summed E-state index contributed by atoms with van der Waals surface area (Å²) in [6, 6.07) is 12.4. The van der Waals surface area contributed by atoms with E-state index >= 15 is 0 Å². The summed E-state index contributed by atoms with van der Waals surface area (Å²) in [6.45, 7) is -0.263. The Morgan fingerprint density at radius 2 is 1.82 bits per heavy atom. The second kappa shape index (κ2) is 9.53. The van der Waals surface area contributed by atoms with Gasteiger partial charge in [-0.15, -0.1) is 10.2 Å². The molecule has 0 radical (unpaired) electrons. The van der Waals surface area contributed by atoms with E-state index in [1.165, 1.54) is 28.6 Å². The van der Waals surface area contributed by atoms with Crippen LogP contribution in [0.3, 0.4) is 0 Å². The van der Waals surface area contributed by atoms with Crippen LogP contribution in [0.1, 0.15) is 12.8 Å². The fourth-order valence-corrected chi connectivity index (χ4v) is 5.61. The number of sulfonamides is 1. The molecular weight excluding hydrogens is 484 g/mol. The lowest BCUT2D eigenvalue weighted by Gasteiger charge is -2.30. The molecule has 1 aliphatic heterocycles. The first-order valence-corrected chi connectivity index (χ1v) is 12.2. The topological polar surface area (TPSA) is 142 Å². The number of benzene rings is 2. The highest BCUT2D eigenvalue weighted by Gasteiger charge is 2.33. The Morgan fingerprint density at radius 3 is 2.53 bits per heavy atom. The molecule has 2 N–H and O–H groups in total. The quantitative estimate of drug-likeness (QED) is 0.489. The molecule has 0 saturated carbocycles. The number of rotatable bonds is 6. The van der Waals surface area contributed by atoms with Gasteiger partial charge in [0.1, 0.15) is 6.54 Å². The number of fused-ring (bicyclic) bond motifs is 1. The number of carbonyl (C=O) groups is 2. The van der Waals surface area contributed by atoms with Crippen molar-refractivity contribution < 1.29 is 28.2 Å². The lowest BCUT2D eigenvalue weighted by molar-refractivity contribution is -0.137. The molecule has 10 nitrogen and oxygen atoms in total. The Balaban J connectivity index is 1.56. The van der Waals surface area contributed by atoms with Crippen LogP contribution in [-0.4, -0.2) is 52.5 Å². The Kier molecular flexibility index (Phi) is 6.69. The van der Waals surface area contributed by atoms with Crippen molar-refractivity contribution >= 4 is 50.1 Å². The number of carboxylic acid groups (broad SMARTS) is 1. The van der Waals surface area contributed by atoms with Gasteiger partial charge in [0.15, 0.2) is 5.69 Å². The Hall–Kier alpha value is -3.28. The zero-order valence-corrected chi connectivity index (χ0v) is 19.4. The van der Waals surface area contributed by atoms with Crippen LogP contribution in [0.15, 0.2) is 63.7 Å². The number of hydrogen-bond donors (Lipinski definition) is 2. The molecular formula is C22H21ClN4O6S. The van der Waals surface area contributed by atoms with Crippen molar-refractivity contribution in [2.75, 3.05) is 13.1 Å². The molecule has 1 fully saturated rings. The van der Waals surface area contributed by atoms with Crippen LogP contribution in [0, 0.1) is 5.92 Å². The van der Waals surface area contributed by atoms with E-state index in [0.717, 1.165) is 4.57 Å². The third-order valence-electron chi connectivity index (χ3n) is 5.64. The molecule has 1 aromatic heterocycles. The lowest BCUT2D eigenvalue weighted by atomic mass is 9.99. The van der Waals surface area contributed by atoms with Gasteiger partial charge in [-0.3, -0.25) is 14.2 Å². The largest absolute Gasteiger partial charge is 0.493 e. The summed E-state index contributed by atoms with van der Waals surface area (Å²) in [6.07, 6.45) is 0.916. The van der Waals surface area contributed by atoms with E-state index in [1.807, 2.05) is 0 Å². The first-order valence-electron chi connectivity index (χ1n) is 10.4. The average molecular weight is 505 g/mol. The van der Waals surface area contributed by atoms with Gasteiger partial charge in [0.2, 0.25) is 15.9 Å². The van der Waals surface area contributed by atoms with Crippen molar-refractivity contribution in [1.29, 1.82) is 0 Å². The van der Waals surface area contributed by atoms with Crippen LogP contribution in [0.5, 0.6) is 5.88 Å². The van der Waals surface area contributed by atoms with Gasteiger partial charge in [-0.25, -0.2) is 8.42 Å². The Labute approximate surface area is 200 Å². The minimum Gasteiger partial charge on any atom is -0.493 e. The number of carboxylic acids is 1. The van der Waals surface area contributed by atoms with Gasteiger partial charge in [-0.05, 0) is 43.2 Å². The third-order valence-corrected chi connectivity index (χ3v) is 7.78. The number of aromatic hydroxyl groups is 1. The highest BCUT2D eigenvalue weighted by Crippen LogP contribution is 2.39. The van der Waals surface area contributed by atoms with Crippen LogP contribution in [0.2, 0.25) is 5.02 Å². The molecule has 1 saturated heterocycles. The van der Waals surface area contributed by atoms with E-state index in [0.29, 0.717) is 28.8 Å². The molecule has 2 heterocycles. The molecule has 1 atom stereocenters. The van der Waals surface area contributed by atoms with Gasteiger partial charge < -0.3 is 10.2 Å². The van der Waals surface area contributed by atoms with Crippen molar-refractivity contribution in [3.05, 3.63) is 53.6 Å². The number of carbonyl (C=O) groups excluding carboxylic acids is 1. The molecule has 0 aliphatic carbocycles. The summed E-state index contributed by atoms with van der Waals surface area (Å²) in [5, 5.41) is 28.2. The maximum absolute atomic E-state index is 13.0. The number of hydrogen-bond acceptors (Lipinski definition) is 6. The van der Waals surface area contributed by atoms with Crippen LogP contribution < -0.4 is 0 Å². The fraction of sp³-hybridized carbons (Fsp3) is 0.273. The standard InChI is InChI=1S/C22H21ClN4O6S/c23-15-7-9-16(10-8-15)34(32,33)26-11-3-4-14(12-26)21(30)25-24-20-17-5-1-2-6-18(17)27(22(20)31)13-19(28)29/h1-2,5-10,14,31H,3-4,11-13H2,(H,28,29). The van der Waals surface area contributed by atoms with E-state index in [2.05, 4.69) is 10.2 Å². The molecule has 1 unspecified atom stereocenters. The summed E-state index contributed by atoms with van der Waals surface area (Å²) in [5.41, 5.74) is 0.411. The number of azo groups is 1. The fourth-order valence-electron chi connectivity index (χ4n) is 3.96. The predicted molar refractivity (Wildman–Crippen MR) is 124 cm³/mol. The van der Waals surface area contributed by atoms with Gasteiger partial charge in [0.05, 0.1) is 16.3 Å². The molecule has 2 aromatic carbocycles. The zero-order valence-electron chi connectivity index (χ0n) is 17.8. The number of aromatic nitrogens is 1. The highest BCUT2D eigenvalue weighted by atomic mass is 35.5. The number of para-hydroxylation sites is 1. The van der Waals surface area contributed by atoms with Gasteiger partial charge in [0, 0.05) is 23.5 Å². The van der Waals surface area contributed by atoms with Crippen molar-refractivity contribution in [3.8, 4) is 5.88 Å². The van der Waals surface area contributed by atoms with Crippen molar-refractivity contribution in [2.24, 2.45) is 16.1 Å². The van der Waals surface area contributed by atoms with Gasteiger partial charge in [-0.2, -0.15) is 4.31 Å². The van der Waals surface area contributed by atoms with E-state index in [9.17, 15) is 23.1 Å². The van der Waals surface area contributed by atoms with Gasteiger partial charge in [0.25, 0.3) is 5.91 Å². The first kappa shape index (κ1) is 23.9. The zero-order chi connectivity index (χ0) is 24.5. The second-order valence-electron chi connectivity index (χ2n) is 7.86.